The van der Waals surface area contributed by atoms with E-state index in [-0.39, 0.29) is 12.3 Å². The number of fused-ring (bicyclic) bond motifs is 2. The average Bonchev–Trinajstić information content (AvgIpc) is 3.42. The molecule has 0 saturated heterocycles. The zero-order chi connectivity index (χ0) is 28.8. The molecule has 0 saturated carbocycles. The van der Waals surface area contributed by atoms with E-state index in [1.807, 2.05) is 0 Å². The van der Waals surface area contributed by atoms with E-state index >= 15 is 0 Å². The van der Waals surface area contributed by atoms with E-state index in [9.17, 15) is 22.4 Å². The van der Waals surface area contributed by atoms with Crippen molar-refractivity contribution in [1.29, 1.82) is 0 Å². The van der Waals surface area contributed by atoms with Gasteiger partial charge in [0.15, 0.2) is 23.3 Å². The maximum Gasteiger partial charge on any atom is 0.573 e. The second kappa shape index (κ2) is 10.1. The molecule has 0 aliphatic rings. The number of hydrogen-bond acceptors (Lipinski definition) is 6. The summed E-state index contributed by atoms with van der Waals surface area (Å²) in [5.74, 6) is -2.14. The molecule has 2 aromatic heterocycles. The minimum atomic E-state index is -4.89. The Labute approximate surface area is 224 Å². The Morgan fingerprint density at radius 1 is 1.07 bits per heavy atom. The van der Waals surface area contributed by atoms with Gasteiger partial charge in [0.2, 0.25) is 0 Å². The quantitative estimate of drug-likeness (QED) is 0.212. The highest BCUT2D eigenvalue weighted by Gasteiger charge is 2.32. The molecule has 2 heterocycles. The number of benzene rings is 3. The Hall–Kier alpha value is -4.74. The number of methoxy groups -OCH3 is 1. The van der Waals surface area contributed by atoms with E-state index in [1.165, 1.54) is 44.4 Å². The fourth-order valence-electron chi connectivity index (χ4n) is 4.54. The molecule has 0 bridgehead atoms. The van der Waals surface area contributed by atoms with Crippen molar-refractivity contribution >= 4 is 27.8 Å². The predicted octanol–water partition coefficient (Wildman–Crippen LogP) is 6.70. The highest BCUT2D eigenvalue weighted by Crippen LogP contribution is 2.40. The molecule has 1 atom stereocenters. The lowest BCUT2D eigenvalue weighted by atomic mass is 10.0. The van der Waals surface area contributed by atoms with Crippen LogP contribution in [0.3, 0.4) is 0 Å². The standard InChI is InChI=1S/C28H22F4N2O6/c1-14-25(26-20-8-5-17(37-3)12-23(20)40-33-26)19-7-6-18(39-28(30,31)32)11-22(19)34(14)13-16-4-9-21(29)24(10-16)38-15(2)27(35)36/h4-12,15H,13H2,1-3H3,(H,35,36)/t15-/m1/s1. The first-order valence-corrected chi connectivity index (χ1v) is 12.0. The number of hydrogen-bond donors (Lipinski definition) is 1. The van der Waals surface area contributed by atoms with Crippen molar-refractivity contribution in [2.45, 2.75) is 32.9 Å². The van der Waals surface area contributed by atoms with Gasteiger partial charge in [-0.3, -0.25) is 0 Å². The lowest BCUT2D eigenvalue weighted by Gasteiger charge is -2.14. The molecule has 0 radical (unpaired) electrons. The smallest absolute Gasteiger partial charge is 0.497 e. The van der Waals surface area contributed by atoms with Crippen LogP contribution < -0.4 is 14.2 Å². The Balaban J connectivity index is 1.66. The van der Waals surface area contributed by atoms with Gasteiger partial charge in [0.05, 0.1) is 18.0 Å². The molecule has 0 unspecified atom stereocenters. The fourth-order valence-corrected chi connectivity index (χ4v) is 4.54. The summed E-state index contributed by atoms with van der Waals surface area (Å²) in [5, 5.41) is 14.6. The highest BCUT2D eigenvalue weighted by molar-refractivity contribution is 6.04. The van der Waals surface area contributed by atoms with Gasteiger partial charge in [-0.25, -0.2) is 9.18 Å². The zero-order valence-corrected chi connectivity index (χ0v) is 21.4. The predicted molar refractivity (Wildman–Crippen MR) is 136 cm³/mol. The van der Waals surface area contributed by atoms with Gasteiger partial charge >= 0.3 is 12.3 Å². The van der Waals surface area contributed by atoms with Crippen LogP contribution >= 0.6 is 0 Å². The van der Waals surface area contributed by atoms with Gasteiger partial charge in [-0.05, 0) is 55.8 Å². The summed E-state index contributed by atoms with van der Waals surface area (Å²) in [6, 6.07) is 13.1. The van der Waals surface area contributed by atoms with Gasteiger partial charge in [0.1, 0.15) is 17.2 Å². The molecule has 5 aromatic rings. The van der Waals surface area contributed by atoms with E-state index in [4.69, 9.17) is 19.1 Å². The average molecular weight is 558 g/mol. The first-order chi connectivity index (χ1) is 18.9. The van der Waals surface area contributed by atoms with Crippen LogP contribution in [0, 0.1) is 12.7 Å². The minimum Gasteiger partial charge on any atom is -0.497 e. The molecular formula is C28H22F4N2O6. The lowest BCUT2D eigenvalue weighted by molar-refractivity contribution is -0.274. The molecule has 0 fully saturated rings. The SMILES string of the molecule is COc1ccc2c(-c3c(C)n(Cc4ccc(F)c(O[C@H](C)C(=O)O)c4)c4cc(OC(F)(F)F)ccc34)noc2c1. The number of nitrogens with zero attached hydrogens (tertiary/aromatic N) is 2. The van der Waals surface area contributed by atoms with Crippen molar-refractivity contribution in [3.05, 3.63) is 71.7 Å². The zero-order valence-electron chi connectivity index (χ0n) is 21.4. The molecule has 0 aliphatic heterocycles. The summed E-state index contributed by atoms with van der Waals surface area (Å²) >= 11 is 0. The molecule has 1 N–H and O–H groups in total. The maximum atomic E-state index is 14.4. The van der Waals surface area contributed by atoms with Crippen LogP contribution in [0.4, 0.5) is 17.6 Å². The van der Waals surface area contributed by atoms with Gasteiger partial charge in [-0.15, -0.1) is 13.2 Å². The number of carboxylic acids is 1. The van der Waals surface area contributed by atoms with Crippen LogP contribution in [-0.2, 0) is 11.3 Å². The number of carboxylic acid groups (broad SMARTS) is 1. The molecule has 0 aliphatic carbocycles. The number of halogens is 4. The Morgan fingerprint density at radius 3 is 2.50 bits per heavy atom. The largest absolute Gasteiger partial charge is 0.573 e. The van der Waals surface area contributed by atoms with E-state index < -0.39 is 30.0 Å². The topological polar surface area (TPSA) is 96.0 Å². The lowest BCUT2D eigenvalue weighted by Crippen LogP contribution is -2.23. The van der Waals surface area contributed by atoms with E-state index in [1.54, 1.807) is 29.7 Å². The first-order valence-electron chi connectivity index (χ1n) is 12.0. The van der Waals surface area contributed by atoms with Crippen LogP contribution in [0.15, 0.2) is 59.1 Å². The van der Waals surface area contributed by atoms with Crippen molar-refractivity contribution in [3.8, 4) is 28.5 Å². The number of aromatic nitrogens is 2. The molecule has 40 heavy (non-hydrogen) atoms. The Morgan fingerprint density at radius 2 is 1.80 bits per heavy atom. The van der Waals surface area contributed by atoms with Gasteiger partial charge in [-0.2, -0.15) is 0 Å². The van der Waals surface area contributed by atoms with E-state index in [2.05, 4.69) is 9.89 Å². The molecule has 8 nitrogen and oxygen atoms in total. The van der Waals surface area contributed by atoms with Crippen molar-refractivity contribution in [2.24, 2.45) is 0 Å². The first kappa shape index (κ1) is 26.9. The van der Waals surface area contributed by atoms with Gasteiger partial charge in [0, 0.05) is 35.3 Å². The monoisotopic (exact) mass is 558 g/mol. The van der Waals surface area contributed by atoms with Crippen LogP contribution in [0.1, 0.15) is 18.2 Å². The number of ether oxygens (including phenoxy) is 3. The summed E-state index contributed by atoms with van der Waals surface area (Å²) in [6.07, 6.45) is -6.19. The summed E-state index contributed by atoms with van der Waals surface area (Å²) in [4.78, 5) is 11.2. The van der Waals surface area contributed by atoms with Crippen molar-refractivity contribution < 1.29 is 46.2 Å². The molecule has 0 spiro atoms. The summed E-state index contributed by atoms with van der Waals surface area (Å²) < 4.78 is 75.4. The maximum absolute atomic E-state index is 14.4. The number of alkyl halides is 3. The van der Waals surface area contributed by atoms with E-state index in [0.717, 1.165) is 6.07 Å². The molecular weight excluding hydrogens is 536 g/mol. The van der Waals surface area contributed by atoms with Crippen LogP contribution in [-0.4, -0.2) is 40.4 Å². The fraction of sp³-hybridized carbons (Fsp3) is 0.214. The van der Waals surface area contributed by atoms with Crippen molar-refractivity contribution in [3.63, 3.8) is 0 Å². The number of rotatable bonds is 8. The Kier molecular flexibility index (Phi) is 6.78. The summed E-state index contributed by atoms with van der Waals surface area (Å²) in [5.41, 5.74) is 3.09. The summed E-state index contributed by atoms with van der Waals surface area (Å²) in [6.45, 7) is 3.13. The van der Waals surface area contributed by atoms with Gasteiger partial charge in [0.25, 0.3) is 0 Å². The second-order valence-electron chi connectivity index (χ2n) is 9.03. The minimum absolute atomic E-state index is 0.0828. The molecule has 5 rings (SSSR count). The van der Waals surface area contributed by atoms with Gasteiger partial charge < -0.3 is 28.4 Å². The molecule has 12 heteroatoms. The number of aliphatic carboxylic acids is 1. The molecule has 208 valence electrons. The van der Waals surface area contributed by atoms with Crippen LogP contribution in [0.2, 0.25) is 0 Å². The second-order valence-corrected chi connectivity index (χ2v) is 9.03. The molecule has 0 amide bonds. The normalized spacial score (nSPS) is 12.6. The van der Waals surface area contributed by atoms with Crippen LogP contribution in [0.25, 0.3) is 33.1 Å². The van der Waals surface area contributed by atoms with Crippen molar-refractivity contribution in [1.82, 2.24) is 9.72 Å². The highest BCUT2D eigenvalue weighted by atomic mass is 19.4. The van der Waals surface area contributed by atoms with Gasteiger partial charge in [-0.1, -0.05) is 11.2 Å². The van der Waals surface area contributed by atoms with Crippen molar-refractivity contribution in [2.75, 3.05) is 7.11 Å². The third kappa shape index (κ3) is 5.12. The van der Waals surface area contributed by atoms with Crippen LogP contribution in [0.5, 0.6) is 17.2 Å². The Bertz CT molecular complexity index is 1740. The third-order valence-electron chi connectivity index (χ3n) is 6.43. The molecule has 3 aromatic carbocycles. The summed E-state index contributed by atoms with van der Waals surface area (Å²) in [7, 11) is 1.52. The number of carbonyl (C=O) groups is 1. The van der Waals surface area contributed by atoms with E-state index in [0.29, 0.717) is 50.1 Å². The third-order valence-corrected chi connectivity index (χ3v) is 6.43.